The van der Waals surface area contributed by atoms with Gasteiger partial charge in [0.1, 0.15) is 11.9 Å². The lowest BCUT2D eigenvalue weighted by molar-refractivity contribution is -0.125. The van der Waals surface area contributed by atoms with Crippen LogP contribution in [0, 0.1) is 11.2 Å². The second-order valence-corrected chi connectivity index (χ2v) is 8.96. The maximum absolute atomic E-state index is 13.3. The number of nitrogens with zero attached hydrogens (tertiary/aromatic N) is 2. The van der Waals surface area contributed by atoms with E-state index < -0.39 is 23.3 Å². The van der Waals surface area contributed by atoms with E-state index in [0.717, 1.165) is 5.56 Å². The summed E-state index contributed by atoms with van der Waals surface area (Å²) < 4.78 is 14.9. The van der Waals surface area contributed by atoms with Gasteiger partial charge in [-0.05, 0) is 29.2 Å². The fourth-order valence-electron chi connectivity index (χ4n) is 3.39. The van der Waals surface area contributed by atoms with Crippen LogP contribution in [0.15, 0.2) is 42.5 Å². The largest absolute Gasteiger partial charge is 0.395 e. The minimum absolute atomic E-state index is 0.0894. The van der Waals surface area contributed by atoms with Crippen molar-refractivity contribution < 1.29 is 19.1 Å². The molecular weight excluding hydrogens is 435 g/mol. The summed E-state index contributed by atoms with van der Waals surface area (Å²) in [7, 11) is 0. The van der Waals surface area contributed by atoms with Gasteiger partial charge in [-0.15, -0.1) is 0 Å². The lowest BCUT2D eigenvalue weighted by atomic mass is 9.86. The van der Waals surface area contributed by atoms with E-state index in [1.165, 1.54) is 12.1 Å². The molecule has 0 fully saturated rings. The number of aromatic nitrogens is 2. The van der Waals surface area contributed by atoms with Crippen LogP contribution in [0.4, 0.5) is 4.39 Å². The summed E-state index contributed by atoms with van der Waals surface area (Å²) in [5.41, 5.74) is 0.910. The smallest absolute Gasteiger partial charge is 0.273 e. The van der Waals surface area contributed by atoms with Crippen molar-refractivity contribution in [3.05, 3.63) is 64.6 Å². The Morgan fingerprint density at radius 2 is 1.88 bits per heavy atom. The van der Waals surface area contributed by atoms with Crippen LogP contribution in [0.3, 0.4) is 0 Å². The number of hydrogen-bond acceptors (Lipinski definition) is 4. The summed E-state index contributed by atoms with van der Waals surface area (Å²) in [6.07, 6.45) is 0. The van der Waals surface area contributed by atoms with E-state index in [4.69, 9.17) is 16.7 Å². The molecular formula is C23H26ClFN4O3. The van der Waals surface area contributed by atoms with Crippen LogP contribution in [0.1, 0.15) is 36.8 Å². The number of benzene rings is 2. The molecule has 0 spiro atoms. The van der Waals surface area contributed by atoms with Gasteiger partial charge in [0, 0.05) is 11.9 Å². The van der Waals surface area contributed by atoms with Crippen molar-refractivity contribution in [1.82, 2.24) is 20.4 Å². The van der Waals surface area contributed by atoms with E-state index in [-0.39, 0.29) is 31.2 Å². The van der Waals surface area contributed by atoms with Crippen molar-refractivity contribution in [2.45, 2.75) is 33.4 Å². The fraction of sp³-hybridized carbons (Fsp3) is 0.348. The molecule has 2 aromatic carbocycles. The van der Waals surface area contributed by atoms with E-state index in [9.17, 15) is 14.0 Å². The second kappa shape index (κ2) is 9.67. The molecule has 0 aliphatic rings. The lowest BCUT2D eigenvalue weighted by Gasteiger charge is -2.30. The lowest BCUT2D eigenvalue weighted by Crippen LogP contribution is -2.54. The predicted molar refractivity (Wildman–Crippen MR) is 121 cm³/mol. The zero-order valence-electron chi connectivity index (χ0n) is 18.2. The first-order chi connectivity index (χ1) is 15.1. The minimum atomic E-state index is -0.849. The molecule has 0 saturated heterocycles. The van der Waals surface area contributed by atoms with Gasteiger partial charge in [0.25, 0.3) is 5.91 Å². The molecule has 1 unspecified atom stereocenters. The number of halogens is 2. The molecule has 1 aromatic heterocycles. The summed E-state index contributed by atoms with van der Waals surface area (Å²) in [6.45, 7) is 5.67. The van der Waals surface area contributed by atoms with Crippen LogP contribution in [0.5, 0.6) is 0 Å². The Kier molecular flexibility index (Phi) is 7.16. The van der Waals surface area contributed by atoms with Gasteiger partial charge in [-0.1, -0.05) is 56.6 Å². The highest BCUT2D eigenvalue weighted by atomic mass is 35.5. The molecule has 0 bridgehead atoms. The third kappa shape index (κ3) is 5.26. The summed E-state index contributed by atoms with van der Waals surface area (Å²) in [5, 5.41) is 19.8. The van der Waals surface area contributed by atoms with E-state index >= 15 is 0 Å². The fourth-order valence-corrected chi connectivity index (χ4v) is 3.67. The number of para-hydroxylation sites is 1. The quantitative estimate of drug-likeness (QED) is 0.504. The van der Waals surface area contributed by atoms with Gasteiger partial charge in [0.2, 0.25) is 5.91 Å². The normalized spacial score (nSPS) is 12.6. The molecule has 1 atom stereocenters. The van der Waals surface area contributed by atoms with E-state index in [1.807, 2.05) is 20.8 Å². The standard InChI is InChI=1S/C23H26ClFN4O3/c1-23(2,3)20(22(32)26-11-12-30)27-21(31)18-16-5-4-6-17(24)19(16)29(28-18)13-14-7-9-15(25)10-8-14/h4-10,20,30H,11-13H2,1-3H3,(H,26,32)(H,27,31). The number of carbonyl (C=O) groups is 2. The van der Waals surface area contributed by atoms with Gasteiger partial charge in [0.05, 0.1) is 23.7 Å². The zero-order chi connectivity index (χ0) is 23.5. The molecule has 3 rings (SSSR count). The summed E-state index contributed by atoms with van der Waals surface area (Å²) in [5.74, 6) is -1.26. The Morgan fingerprint density at radius 3 is 2.50 bits per heavy atom. The van der Waals surface area contributed by atoms with E-state index in [0.29, 0.717) is 15.9 Å². The van der Waals surface area contributed by atoms with Crippen LogP contribution in [0.25, 0.3) is 10.9 Å². The summed E-state index contributed by atoms with van der Waals surface area (Å²) in [6, 6.07) is 10.3. The zero-order valence-corrected chi connectivity index (χ0v) is 18.9. The molecule has 7 nitrogen and oxygen atoms in total. The molecule has 0 saturated carbocycles. The Bertz CT molecular complexity index is 1120. The average Bonchev–Trinajstić information content (AvgIpc) is 3.10. The third-order valence-corrected chi connectivity index (χ3v) is 5.30. The molecule has 3 aromatic rings. The maximum atomic E-state index is 13.3. The highest BCUT2D eigenvalue weighted by molar-refractivity contribution is 6.35. The van der Waals surface area contributed by atoms with Crippen molar-refractivity contribution in [3.8, 4) is 0 Å². The van der Waals surface area contributed by atoms with Gasteiger partial charge in [-0.3, -0.25) is 14.3 Å². The van der Waals surface area contributed by atoms with Crippen molar-refractivity contribution in [2.24, 2.45) is 5.41 Å². The molecule has 3 N–H and O–H groups in total. The summed E-state index contributed by atoms with van der Waals surface area (Å²) >= 11 is 6.42. The van der Waals surface area contributed by atoms with Crippen LogP contribution < -0.4 is 10.6 Å². The van der Waals surface area contributed by atoms with Crippen molar-refractivity contribution >= 4 is 34.3 Å². The van der Waals surface area contributed by atoms with Gasteiger partial charge in [-0.2, -0.15) is 5.10 Å². The van der Waals surface area contributed by atoms with Crippen molar-refractivity contribution in [2.75, 3.05) is 13.2 Å². The SMILES string of the molecule is CC(C)(C)C(NC(=O)c1nn(Cc2ccc(F)cc2)c2c(Cl)cccc12)C(=O)NCCO. The Balaban J connectivity index is 1.97. The molecule has 0 radical (unpaired) electrons. The van der Waals surface area contributed by atoms with Crippen molar-refractivity contribution in [1.29, 1.82) is 0 Å². The number of aliphatic hydroxyl groups is 1. The van der Waals surface area contributed by atoms with Crippen LogP contribution in [-0.2, 0) is 11.3 Å². The molecule has 170 valence electrons. The van der Waals surface area contributed by atoms with Gasteiger partial charge in [0.15, 0.2) is 5.69 Å². The second-order valence-electron chi connectivity index (χ2n) is 8.56. The van der Waals surface area contributed by atoms with Crippen LogP contribution in [-0.4, -0.2) is 45.9 Å². The Hall–Kier alpha value is -2.97. The molecule has 2 amide bonds. The van der Waals surface area contributed by atoms with Crippen LogP contribution in [0.2, 0.25) is 5.02 Å². The molecule has 9 heteroatoms. The maximum Gasteiger partial charge on any atom is 0.273 e. The number of fused-ring (bicyclic) bond motifs is 1. The molecule has 0 aliphatic heterocycles. The average molecular weight is 461 g/mol. The highest BCUT2D eigenvalue weighted by Gasteiger charge is 2.34. The monoisotopic (exact) mass is 460 g/mol. The topological polar surface area (TPSA) is 96.2 Å². The number of amides is 2. The third-order valence-electron chi connectivity index (χ3n) is 5.00. The molecule has 32 heavy (non-hydrogen) atoms. The van der Waals surface area contributed by atoms with E-state index in [2.05, 4.69) is 15.7 Å². The minimum Gasteiger partial charge on any atom is -0.395 e. The number of aliphatic hydroxyl groups excluding tert-OH is 1. The van der Waals surface area contributed by atoms with Crippen molar-refractivity contribution in [3.63, 3.8) is 0 Å². The van der Waals surface area contributed by atoms with Crippen LogP contribution >= 0.6 is 11.6 Å². The first kappa shape index (κ1) is 23.7. The van der Waals surface area contributed by atoms with Gasteiger partial charge < -0.3 is 15.7 Å². The highest BCUT2D eigenvalue weighted by Crippen LogP contribution is 2.28. The first-order valence-electron chi connectivity index (χ1n) is 10.2. The van der Waals surface area contributed by atoms with Gasteiger partial charge in [-0.25, -0.2) is 4.39 Å². The van der Waals surface area contributed by atoms with E-state index in [1.54, 1.807) is 35.0 Å². The molecule has 1 heterocycles. The number of rotatable bonds is 7. The number of carbonyl (C=O) groups excluding carboxylic acids is 2. The molecule has 0 aliphatic carbocycles. The number of nitrogens with one attached hydrogen (secondary N) is 2. The predicted octanol–water partition coefficient (Wildman–Crippen LogP) is 3.13. The Labute approximate surface area is 190 Å². The number of hydrogen-bond donors (Lipinski definition) is 3. The Morgan fingerprint density at radius 1 is 1.19 bits per heavy atom. The summed E-state index contributed by atoms with van der Waals surface area (Å²) in [4.78, 5) is 25.8. The van der Waals surface area contributed by atoms with Gasteiger partial charge >= 0.3 is 0 Å². The first-order valence-corrected chi connectivity index (χ1v) is 10.6.